The van der Waals surface area contributed by atoms with Gasteiger partial charge in [-0.15, -0.1) is 0 Å². The third kappa shape index (κ3) is 2.88. The van der Waals surface area contributed by atoms with E-state index in [1.807, 2.05) is 0 Å². The maximum Gasteiger partial charge on any atom is 0.166 e. The molecule has 17 heavy (non-hydrogen) atoms. The molecule has 0 fully saturated rings. The van der Waals surface area contributed by atoms with E-state index in [9.17, 15) is 5.11 Å². The Bertz CT molecular complexity index is 368. The summed E-state index contributed by atoms with van der Waals surface area (Å²) in [6.45, 7) is 0.471. The summed E-state index contributed by atoms with van der Waals surface area (Å²) in [7, 11) is 4.70. The fraction of sp³-hybridized carbons (Fsp3) is 0.500. The molecule has 5 heteroatoms. The van der Waals surface area contributed by atoms with E-state index >= 15 is 0 Å². The molecular formula is C12H19NO4. The molecule has 0 aliphatic carbocycles. The standard InChI is InChI=1S/C12H19NO4/c1-15-7-9-8(10(14)6-13)4-5-11(16-2)12(9)17-3/h4-5,10,14H,6-7,13H2,1-3H3. The molecule has 5 nitrogen and oxygen atoms in total. The van der Waals surface area contributed by atoms with Crippen molar-refractivity contribution in [3.05, 3.63) is 23.3 Å². The molecule has 1 rings (SSSR count). The summed E-state index contributed by atoms with van der Waals surface area (Å²) in [5, 5.41) is 9.84. The average Bonchev–Trinajstić information content (AvgIpc) is 2.37. The van der Waals surface area contributed by atoms with E-state index in [1.54, 1.807) is 33.5 Å². The van der Waals surface area contributed by atoms with Gasteiger partial charge < -0.3 is 25.1 Å². The van der Waals surface area contributed by atoms with Crippen LogP contribution in [0.4, 0.5) is 0 Å². The Morgan fingerprint density at radius 1 is 1.24 bits per heavy atom. The number of benzene rings is 1. The van der Waals surface area contributed by atoms with Crippen molar-refractivity contribution in [1.82, 2.24) is 0 Å². The Morgan fingerprint density at radius 2 is 1.94 bits per heavy atom. The van der Waals surface area contributed by atoms with Crippen molar-refractivity contribution in [1.29, 1.82) is 0 Å². The fourth-order valence-electron chi connectivity index (χ4n) is 1.74. The number of hydrogen-bond donors (Lipinski definition) is 2. The van der Waals surface area contributed by atoms with Gasteiger partial charge in [-0.05, 0) is 11.6 Å². The third-order valence-electron chi connectivity index (χ3n) is 2.56. The van der Waals surface area contributed by atoms with Gasteiger partial charge >= 0.3 is 0 Å². The molecule has 0 saturated heterocycles. The maximum absolute atomic E-state index is 9.84. The van der Waals surface area contributed by atoms with Crippen LogP contribution < -0.4 is 15.2 Å². The number of nitrogens with two attached hydrogens (primary N) is 1. The molecule has 1 aromatic rings. The highest BCUT2D eigenvalue weighted by Gasteiger charge is 2.18. The van der Waals surface area contributed by atoms with E-state index in [2.05, 4.69) is 0 Å². The summed E-state index contributed by atoms with van der Waals surface area (Å²) in [4.78, 5) is 0. The zero-order chi connectivity index (χ0) is 12.8. The predicted octanol–water partition coefficient (Wildman–Crippen LogP) is 0.842. The summed E-state index contributed by atoms with van der Waals surface area (Å²) in [6.07, 6.45) is -0.736. The summed E-state index contributed by atoms with van der Waals surface area (Å²) < 4.78 is 15.6. The van der Waals surface area contributed by atoms with E-state index in [0.717, 1.165) is 5.56 Å². The summed E-state index contributed by atoms with van der Waals surface area (Å²) in [5.74, 6) is 1.17. The summed E-state index contributed by atoms with van der Waals surface area (Å²) in [5.41, 5.74) is 6.93. The number of methoxy groups -OCH3 is 3. The molecule has 0 saturated carbocycles. The molecule has 0 amide bonds. The van der Waals surface area contributed by atoms with Crippen LogP contribution in [0.15, 0.2) is 12.1 Å². The topological polar surface area (TPSA) is 73.9 Å². The van der Waals surface area contributed by atoms with Crippen molar-refractivity contribution < 1.29 is 19.3 Å². The minimum Gasteiger partial charge on any atom is -0.493 e. The van der Waals surface area contributed by atoms with Crippen LogP contribution in [-0.2, 0) is 11.3 Å². The van der Waals surface area contributed by atoms with E-state index < -0.39 is 6.10 Å². The lowest BCUT2D eigenvalue weighted by Gasteiger charge is -2.19. The predicted molar refractivity (Wildman–Crippen MR) is 64.3 cm³/mol. The number of aliphatic hydroxyl groups excluding tert-OH is 1. The molecule has 0 aliphatic heterocycles. The quantitative estimate of drug-likeness (QED) is 0.772. The highest BCUT2D eigenvalue weighted by atomic mass is 16.5. The van der Waals surface area contributed by atoms with E-state index in [1.165, 1.54) is 0 Å². The Hall–Kier alpha value is -1.30. The van der Waals surface area contributed by atoms with Crippen LogP contribution in [0.25, 0.3) is 0 Å². The third-order valence-corrected chi connectivity index (χ3v) is 2.56. The summed E-state index contributed by atoms with van der Waals surface area (Å²) >= 11 is 0. The van der Waals surface area contributed by atoms with Crippen LogP contribution in [0.1, 0.15) is 17.2 Å². The van der Waals surface area contributed by atoms with Crippen molar-refractivity contribution in [3.8, 4) is 11.5 Å². The van der Waals surface area contributed by atoms with E-state index in [4.69, 9.17) is 19.9 Å². The first kappa shape index (κ1) is 13.8. The molecule has 0 radical (unpaired) electrons. The van der Waals surface area contributed by atoms with Crippen LogP contribution in [0.5, 0.6) is 11.5 Å². The Labute approximate surface area is 101 Å². The molecular weight excluding hydrogens is 222 g/mol. The molecule has 3 N–H and O–H groups in total. The smallest absolute Gasteiger partial charge is 0.166 e. The Balaban J connectivity index is 3.30. The lowest BCUT2D eigenvalue weighted by molar-refractivity contribution is 0.162. The molecule has 1 atom stereocenters. The summed E-state index contributed by atoms with van der Waals surface area (Å²) in [6, 6.07) is 3.51. The van der Waals surface area contributed by atoms with Crippen molar-refractivity contribution in [2.75, 3.05) is 27.9 Å². The van der Waals surface area contributed by atoms with Gasteiger partial charge in [-0.25, -0.2) is 0 Å². The molecule has 96 valence electrons. The molecule has 0 bridgehead atoms. The van der Waals surface area contributed by atoms with Crippen LogP contribution in [0.2, 0.25) is 0 Å². The lowest BCUT2D eigenvalue weighted by atomic mass is 10.0. The lowest BCUT2D eigenvalue weighted by Crippen LogP contribution is -2.14. The Kier molecular flexibility index (Phi) is 5.21. The second-order valence-electron chi connectivity index (χ2n) is 3.55. The van der Waals surface area contributed by atoms with Gasteiger partial charge in [0.05, 0.1) is 26.9 Å². The first-order valence-electron chi connectivity index (χ1n) is 5.30. The molecule has 1 unspecified atom stereocenters. The largest absolute Gasteiger partial charge is 0.493 e. The maximum atomic E-state index is 9.84. The number of rotatable bonds is 6. The monoisotopic (exact) mass is 241 g/mol. The normalized spacial score (nSPS) is 12.3. The van der Waals surface area contributed by atoms with Gasteiger partial charge in [-0.1, -0.05) is 6.07 Å². The first-order valence-corrected chi connectivity index (χ1v) is 5.30. The van der Waals surface area contributed by atoms with Crippen molar-refractivity contribution in [3.63, 3.8) is 0 Å². The number of hydrogen-bond acceptors (Lipinski definition) is 5. The van der Waals surface area contributed by atoms with Crippen LogP contribution in [0, 0.1) is 0 Å². The minimum atomic E-state index is -0.736. The average molecular weight is 241 g/mol. The SMILES string of the molecule is COCc1c(C(O)CN)ccc(OC)c1OC. The van der Waals surface area contributed by atoms with Gasteiger partial charge in [0.15, 0.2) is 11.5 Å². The van der Waals surface area contributed by atoms with Crippen LogP contribution >= 0.6 is 0 Å². The van der Waals surface area contributed by atoms with Gasteiger partial charge in [0.2, 0.25) is 0 Å². The van der Waals surface area contributed by atoms with Gasteiger partial charge in [-0.3, -0.25) is 0 Å². The van der Waals surface area contributed by atoms with Crippen LogP contribution in [-0.4, -0.2) is 33.0 Å². The zero-order valence-electron chi connectivity index (χ0n) is 10.4. The van der Waals surface area contributed by atoms with E-state index in [-0.39, 0.29) is 6.54 Å². The molecule has 0 aliphatic rings. The van der Waals surface area contributed by atoms with Gasteiger partial charge in [0, 0.05) is 19.2 Å². The second-order valence-corrected chi connectivity index (χ2v) is 3.55. The highest BCUT2D eigenvalue weighted by Crippen LogP contribution is 2.36. The van der Waals surface area contributed by atoms with Crippen molar-refractivity contribution in [2.24, 2.45) is 5.73 Å². The molecule has 0 aromatic heterocycles. The Morgan fingerprint density at radius 3 is 2.41 bits per heavy atom. The van der Waals surface area contributed by atoms with Crippen molar-refractivity contribution in [2.45, 2.75) is 12.7 Å². The molecule has 0 spiro atoms. The highest BCUT2D eigenvalue weighted by molar-refractivity contribution is 5.51. The zero-order valence-corrected chi connectivity index (χ0v) is 10.4. The molecule has 1 aromatic carbocycles. The number of ether oxygens (including phenoxy) is 3. The van der Waals surface area contributed by atoms with E-state index in [0.29, 0.717) is 23.7 Å². The van der Waals surface area contributed by atoms with Gasteiger partial charge in [0.1, 0.15) is 0 Å². The second kappa shape index (κ2) is 6.44. The van der Waals surface area contributed by atoms with Gasteiger partial charge in [-0.2, -0.15) is 0 Å². The number of aliphatic hydroxyl groups is 1. The van der Waals surface area contributed by atoms with Crippen LogP contribution in [0.3, 0.4) is 0 Å². The van der Waals surface area contributed by atoms with Gasteiger partial charge in [0.25, 0.3) is 0 Å². The first-order chi connectivity index (χ1) is 8.19. The minimum absolute atomic E-state index is 0.145. The molecule has 0 heterocycles. The van der Waals surface area contributed by atoms with Crippen molar-refractivity contribution >= 4 is 0 Å². The fourth-order valence-corrected chi connectivity index (χ4v) is 1.74.